The summed E-state index contributed by atoms with van der Waals surface area (Å²) in [5.41, 5.74) is -3.57. The molecule has 0 radical (unpaired) electrons. The molecule has 0 fully saturated rings. The van der Waals surface area contributed by atoms with Crippen LogP contribution < -0.4 is 5.32 Å². The largest absolute Gasteiger partial charge is 0.402 e. The number of nitrogens with zero attached hydrogens (tertiary/aromatic N) is 5. The van der Waals surface area contributed by atoms with E-state index in [1.165, 1.54) is 6.92 Å². The average Bonchev–Trinajstić information content (AvgIpc) is 3.34. The Hall–Kier alpha value is -3.08. The second-order valence-corrected chi connectivity index (χ2v) is 9.80. The Morgan fingerprint density at radius 3 is 2.42 bits per heavy atom. The van der Waals surface area contributed by atoms with E-state index in [-0.39, 0.29) is 43.3 Å². The van der Waals surface area contributed by atoms with Crippen molar-refractivity contribution in [3.05, 3.63) is 62.0 Å². The first-order valence-electron chi connectivity index (χ1n) is 10.9. The van der Waals surface area contributed by atoms with Crippen molar-refractivity contribution in [1.29, 1.82) is 0 Å². The normalized spacial score (nSPS) is 19.2. The number of hydrogen-bond acceptors (Lipinski definition) is 6. The molecule has 0 saturated heterocycles. The second-order valence-electron chi connectivity index (χ2n) is 8.78. The second kappa shape index (κ2) is 9.00. The first-order valence-corrected chi connectivity index (χ1v) is 12.0. The number of benzene rings is 1. The zero-order valence-corrected chi connectivity index (χ0v) is 21.8. The summed E-state index contributed by atoms with van der Waals surface area (Å²) in [6.45, 7) is 1.69. The zero-order valence-electron chi connectivity index (χ0n) is 19.7. The number of fused-ring (bicyclic) bond motifs is 2. The third-order valence-electron chi connectivity index (χ3n) is 6.51. The molecule has 1 aliphatic heterocycles. The Labute approximate surface area is 223 Å². The van der Waals surface area contributed by atoms with Crippen LogP contribution in [0.25, 0.3) is 22.6 Å². The first kappa shape index (κ1) is 26.5. The number of methoxy groups -OCH3 is 1. The van der Waals surface area contributed by atoms with Crippen LogP contribution in [0, 0.1) is 33.9 Å². The summed E-state index contributed by atoms with van der Waals surface area (Å²) in [6, 6.07) is 2.44. The van der Waals surface area contributed by atoms with E-state index in [1.807, 2.05) is 0 Å². The molecule has 5 rings (SSSR count). The van der Waals surface area contributed by atoms with Gasteiger partial charge in [-0.1, -0.05) is 0 Å². The van der Waals surface area contributed by atoms with Crippen LogP contribution in [-0.4, -0.2) is 44.2 Å². The lowest BCUT2D eigenvalue weighted by atomic mass is 9.83. The minimum atomic E-state index is -4.73. The molecule has 0 spiro atoms. The molecule has 1 aromatic carbocycles. The highest BCUT2D eigenvalue weighted by Crippen LogP contribution is 2.52. The Balaban J connectivity index is 1.71. The van der Waals surface area contributed by atoms with Gasteiger partial charge in [-0.2, -0.15) is 18.3 Å². The van der Waals surface area contributed by atoms with Crippen LogP contribution in [0.5, 0.6) is 0 Å². The van der Waals surface area contributed by atoms with Crippen molar-refractivity contribution in [3.8, 4) is 11.5 Å². The summed E-state index contributed by atoms with van der Waals surface area (Å²) in [5.74, 6) is -4.86. The fourth-order valence-corrected chi connectivity index (χ4v) is 5.43. The maximum absolute atomic E-state index is 14.5. The van der Waals surface area contributed by atoms with E-state index in [0.29, 0.717) is 6.07 Å². The van der Waals surface area contributed by atoms with Crippen molar-refractivity contribution in [2.24, 2.45) is 0 Å². The van der Waals surface area contributed by atoms with Gasteiger partial charge in [0.15, 0.2) is 23.1 Å². The minimum absolute atomic E-state index is 0.0241. The van der Waals surface area contributed by atoms with E-state index in [9.17, 15) is 30.7 Å². The fourth-order valence-electron chi connectivity index (χ4n) is 4.39. The van der Waals surface area contributed by atoms with Crippen LogP contribution >= 0.6 is 22.6 Å². The summed E-state index contributed by atoms with van der Waals surface area (Å²) >= 11 is 1.63. The van der Waals surface area contributed by atoms with Gasteiger partial charge in [-0.15, -0.1) is 0 Å². The SMILES string of the molecule is COC1Nc2nc(-c3nn(Cc4c(F)ccc(F)c4F)c4nc(C)c(F)cc34)nc(I)c2C1(C)C(F)(F)F. The van der Waals surface area contributed by atoms with E-state index >= 15 is 0 Å². The van der Waals surface area contributed by atoms with Gasteiger partial charge in [0.2, 0.25) is 0 Å². The Morgan fingerprint density at radius 2 is 1.76 bits per heavy atom. The van der Waals surface area contributed by atoms with Crippen LogP contribution in [0.1, 0.15) is 23.7 Å². The fraction of sp³-hybridized carbons (Fsp3) is 0.304. The van der Waals surface area contributed by atoms with Gasteiger partial charge in [-0.25, -0.2) is 37.2 Å². The maximum atomic E-state index is 14.5. The Morgan fingerprint density at radius 1 is 1.08 bits per heavy atom. The predicted octanol–water partition coefficient (Wildman–Crippen LogP) is 5.62. The van der Waals surface area contributed by atoms with Crippen LogP contribution in [0.3, 0.4) is 0 Å². The molecule has 1 N–H and O–H groups in total. The van der Waals surface area contributed by atoms with Gasteiger partial charge in [-0.3, -0.25) is 0 Å². The number of rotatable bonds is 4. The molecule has 3 aromatic heterocycles. The maximum Gasteiger partial charge on any atom is 0.402 e. The van der Waals surface area contributed by atoms with Crippen LogP contribution in [0.4, 0.5) is 36.6 Å². The molecule has 0 amide bonds. The molecule has 1 aliphatic rings. The lowest BCUT2D eigenvalue weighted by Gasteiger charge is -2.32. The number of anilines is 1. The van der Waals surface area contributed by atoms with Crippen molar-refractivity contribution >= 4 is 39.4 Å². The third-order valence-corrected chi connectivity index (χ3v) is 7.29. The van der Waals surface area contributed by atoms with Crippen molar-refractivity contribution in [2.45, 2.75) is 38.2 Å². The molecule has 2 atom stereocenters. The number of aryl methyl sites for hydroxylation is 1. The van der Waals surface area contributed by atoms with Gasteiger partial charge in [0.05, 0.1) is 17.6 Å². The molecule has 200 valence electrons. The van der Waals surface area contributed by atoms with Gasteiger partial charge in [0, 0.05) is 18.2 Å². The van der Waals surface area contributed by atoms with Gasteiger partial charge >= 0.3 is 6.18 Å². The molecular formula is C23H16F7IN6O. The first-order chi connectivity index (χ1) is 17.8. The summed E-state index contributed by atoms with van der Waals surface area (Å²) in [5, 5.41) is 6.90. The summed E-state index contributed by atoms with van der Waals surface area (Å²) in [7, 11) is 1.12. The van der Waals surface area contributed by atoms with E-state index in [1.54, 1.807) is 22.6 Å². The molecule has 4 aromatic rings. The van der Waals surface area contributed by atoms with Gasteiger partial charge in [0.25, 0.3) is 0 Å². The lowest BCUT2D eigenvalue weighted by Crippen LogP contribution is -2.49. The molecule has 38 heavy (non-hydrogen) atoms. The van der Waals surface area contributed by atoms with E-state index in [4.69, 9.17) is 4.74 Å². The highest BCUT2D eigenvalue weighted by atomic mass is 127. The predicted molar refractivity (Wildman–Crippen MR) is 129 cm³/mol. The quantitative estimate of drug-likeness (QED) is 0.134. The minimum Gasteiger partial charge on any atom is -0.360 e. The third kappa shape index (κ3) is 3.88. The number of hydrogen-bond donors (Lipinski definition) is 1. The molecular weight excluding hydrogens is 636 g/mol. The highest BCUT2D eigenvalue weighted by Gasteiger charge is 2.63. The number of halogens is 8. The van der Waals surface area contributed by atoms with Crippen LogP contribution in [0.15, 0.2) is 18.2 Å². The summed E-state index contributed by atoms with van der Waals surface area (Å²) in [4.78, 5) is 12.6. The Bertz CT molecular complexity index is 1610. The molecule has 0 bridgehead atoms. The summed E-state index contributed by atoms with van der Waals surface area (Å²) in [6.07, 6.45) is -6.24. The smallest absolute Gasteiger partial charge is 0.360 e. The molecule has 7 nitrogen and oxygen atoms in total. The Kier molecular flexibility index (Phi) is 6.28. The van der Waals surface area contributed by atoms with Crippen molar-refractivity contribution in [2.75, 3.05) is 12.4 Å². The van der Waals surface area contributed by atoms with Crippen molar-refractivity contribution in [1.82, 2.24) is 24.7 Å². The molecule has 4 heterocycles. The monoisotopic (exact) mass is 652 g/mol. The highest BCUT2D eigenvalue weighted by molar-refractivity contribution is 14.1. The zero-order chi connectivity index (χ0) is 27.7. The van der Waals surface area contributed by atoms with Gasteiger partial charge < -0.3 is 10.1 Å². The average molecular weight is 652 g/mol. The molecule has 0 saturated carbocycles. The van der Waals surface area contributed by atoms with E-state index < -0.39 is 53.2 Å². The van der Waals surface area contributed by atoms with Crippen LogP contribution in [0.2, 0.25) is 0 Å². The molecule has 0 aliphatic carbocycles. The standard InChI is InChI=1S/C23H16F7IN6O/c1-8-13(26)6-9-16(36-37(20(9)32-8)7-10-11(24)4-5-12(25)15(10)27)19-33-17(31)14-18(34-19)35-21(38-3)22(14,2)23(28,29)30/h4-6,21H,7H2,1-3H3,(H,33,34,35). The molecule has 15 heteroatoms. The number of aromatic nitrogens is 5. The lowest BCUT2D eigenvalue weighted by molar-refractivity contribution is -0.209. The number of ether oxygens (including phenoxy) is 1. The van der Waals surface area contributed by atoms with Gasteiger partial charge in [0.1, 0.15) is 38.5 Å². The molecule has 2 unspecified atom stereocenters. The number of alkyl halides is 3. The number of pyridine rings is 1. The van der Waals surface area contributed by atoms with Crippen molar-refractivity contribution < 1.29 is 35.5 Å². The number of nitrogens with one attached hydrogen (secondary N) is 1. The van der Waals surface area contributed by atoms with E-state index in [2.05, 4.69) is 25.4 Å². The van der Waals surface area contributed by atoms with E-state index in [0.717, 1.165) is 30.8 Å². The topological polar surface area (TPSA) is 77.8 Å². The van der Waals surface area contributed by atoms with Crippen LogP contribution in [-0.2, 0) is 16.7 Å². The summed E-state index contributed by atoms with van der Waals surface area (Å²) < 4.78 is 105. The van der Waals surface area contributed by atoms with Crippen molar-refractivity contribution in [3.63, 3.8) is 0 Å². The van der Waals surface area contributed by atoms with Gasteiger partial charge in [-0.05, 0) is 54.6 Å².